The number of anilines is 1. The van der Waals surface area contributed by atoms with E-state index >= 15 is 0 Å². The molecule has 1 saturated heterocycles. The minimum absolute atomic E-state index is 0.198. The van der Waals surface area contributed by atoms with Crippen LogP contribution in [-0.4, -0.2) is 58.2 Å². The molecule has 1 heterocycles. The Labute approximate surface area is 155 Å². The Hall–Kier alpha value is -2.09. The molecule has 0 atom stereocenters. The lowest BCUT2D eigenvalue weighted by Crippen LogP contribution is -2.46. The second-order valence-electron chi connectivity index (χ2n) is 6.43. The largest absolute Gasteiger partial charge is 0.469 e. The summed E-state index contributed by atoms with van der Waals surface area (Å²) in [4.78, 5) is 25.9. The van der Waals surface area contributed by atoms with Crippen molar-refractivity contribution in [2.45, 2.75) is 26.2 Å². The summed E-state index contributed by atoms with van der Waals surface area (Å²) in [5.41, 5.74) is 1.41. The van der Waals surface area contributed by atoms with Crippen molar-refractivity contribution in [2.24, 2.45) is 5.92 Å². The van der Waals surface area contributed by atoms with E-state index in [-0.39, 0.29) is 24.3 Å². The first-order valence-corrected chi connectivity index (χ1v) is 10.5. The highest BCUT2D eigenvalue weighted by Crippen LogP contribution is 2.24. The molecule has 0 N–H and O–H groups in total. The molecule has 1 aliphatic rings. The number of amides is 1. The van der Waals surface area contributed by atoms with Gasteiger partial charge in [0.1, 0.15) is 6.54 Å². The van der Waals surface area contributed by atoms with Gasteiger partial charge in [0.25, 0.3) is 0 Å². The molecule has 0 aromatic heterocycles. The number of likely N-dealkylation sites (tertiary alicyclic amines) is 1. The lowest BCUT2D eigenvalue weighted by molar-refractivity contribution is -0.148. The number of hydrogen-bond donors (Lipinski definition) is 0. The molecule has 0 spiro atoms. The van der Waals surface area contributed by atoms with Gasteiger partial charge in [-0.3, -0.25) is 13.9 Å². The molecule has 1 amide bonds. The Morgan fingerprint density at radius 1 is 1.23 bits per heavy atom. The van der Waals surface area contributed by atoms with Gasteiger partial charge in [-0.15, -0.1) is 0 Å². The third-order valence-electron chi connectivity index (χ3n) is 4.70. The molecule has 8 heteroatoms. The Morgan fingerprint density at radius 2 is 1.85 bits per heavy atom. The van der Waals surface area contributed by atoms with Crippen molar-refractivity contribution >= 4 is 27.6 Å². The van der Waals surface area contributed by atoms with E-state index in [1.807, 2.05) is 19.1 Å². The molecule has 26 heavy (non-hydrogen) atoms. The smallest absolute Gasteiger partial charge is 0.308 e. The minimum atomic E-state index is -3.60. The van der Waals surface area contributed by atoms with Crippen molar-refractivity contribution in [1.29, 1.82) is 0 Å². The van der Waals surface area contributed by atoms with Gasteiger partial charge in [0.2, 0.25) is 15.9 Å². The molecule has 0 saturated carbocycles. The molecular formula is C18H26N2O5S. The molecule has 2 rings (SSSR count). The molecule has 1 aromatic rings. The third-order valence-corrected chi connectivity index (χ3v) is 5.83. The van der Waals surface area contributed by atoms with E-state index in [2.05, 4.69) is 0 Å². The zero-order chi connectivity index (χ0) is 19.3. The molecular weight excluding hydrogens is 356 g/mol. The van der Waals surface area contributed by atoms with Crippen molar-refractivity contribution in [3.63, 3.8) is 0 Å². The number of esters is 1. The topological polar surface area (TPSA) is 84.0 Å². The molecule has 0 bridgehead atoms. The zero-order valence-electron chi connectivity index (χ0n) is 15.5. The summed E-state index contributed by atoms with van der Waals surface area (Å²) < 4.78 is 30.5. The summed E-state index contributed by atoms with van der Waals surface area (Å²) in [6, 6.07) is 7.19. The Bertz CT molecular complexity index is 755. The number of aryl methyl sites for hydroxylation is 1. The van der Waals surface area contributed by atoms with Crippen LogP contribution >= 0.6 is 0 Å². The highest BCUT2D eigenvalue weighted by Gasteiger charge is 2.30. The lowest BCUT2D eigenvalue weighted by Gasteiger charge is -2.33. The van der Waals surface area contributed by atoms with Crippen LogP contribution in [0.15, 0.2) is 24.3 Å². The van der Waals surface area contributed by atoms with Crippen molar-refractivity contribution in [2.75, 3.05) is 37.3 Å². The molecule has 0 radical (unpaired) electrons. The van der Waals surface area contributed by atoms with E-state index in [9.17, 15) is 18.0 Å². The fraction of sp³-hybridized carbons (Fsp3) is 0.556. The predicted molar refractivity (Wildman–Crippen MR) is 99.3 cm³/mol. The molecule has 1 aromatic carbocycles. The summed E-state index contributed by atoms with van der Waals surface area (Å²) in [6.45, 7) is 2.55. The molecule has 1 aliphatic heterocycles. The van der Waals surface area contributed by atoms with Crippen LogP contribution in [-0.2, 0) is 30.8 Å². The van der Waals surface area contributed by atoms with Gasteiger partial charge in [-0.2, -0.15) is 0 Å². The average molecular weight is 382 g/mol. The third kappa shape index (κ3) is 4.75. The summed E-state index contributed by atoms with van der Waals surface area (Å²) in [7, 11) is -2.24. The normalized spacial score (nSPS) is 15.6. The van der Waals surface area contributed by atoms with E-state index in [1.165, 1.54) is 11.4 Å². The molecule has 144 valence electrons. The highest BCUT2D eigenvalue weighted by atomic mass is 32.2. The van der Waals surface area contributed by atoms with Gasteiger partial charge in [0.15, 0.2) is 0 Å². The number of rotatable bonds is 6. The number of methoxy groups -OCH3 is 1. The Morgan fingerprint density at radius 3 is 2.38 bits per heavy atom. The number of carbonyl (C=O) groups excluding carboxylic acids is 2. The molecule has 0 aliphatic carbocycles. The first kappa shape index (κ1) is 20.2. The summed E-state index contributed by atoms with van der Waals surface area (Å²) in [5, 5.41) is 0. The monoisotopic (exact) mass is 382 g/mol. The number of piperidine rings is 1. The number of para-hydroxylation sites is 1. The maximum Gasteiger partial charge on any atom is 0.308 e. The van der Waals surface area contributed by atoms with E-state index < -0.39 is 10.0 Å². The quantitative estimate of drug-likeness (QED) is 0.695. The molecule has 0 unspecified atom stereocenters. The number of benzene rings is 1. The second kappa shape index (κ2) is 8.53. The first-order chi connectivity index (χ1) is 12.3. The molecule has 1 fully saturated rings. The van der Waals surface area contributed by atoms with Crippen molar-refractivity contribution in [1.82, 2.24) is 4.90 Å². The van der Waals surface area contributed by atoms with Crippen LogP contribution in [0.3, 0.4) is 0 Å². The van der Waals surface area contributed by atoms with Gasteiger partial charge in [-0.1, -0.05) is 25.1 Å². The second-order valence-corrected chi connectivity index (χ2v) is 8.34. The zero-order valence-corrected chi connectivity index (χ0v) is 16.3. The predicted octanol–water partition coefficient (Wildman–Crippen LogP) is 1.43. The van der Waals surface area contributed by atoms with Crippen molar-refractivity contribution < 1.29 is 22.7 Å². The van der Waals surface area contributed by atoms with Gasteiger partial charge in [-0.25, -0.2) is 8.42 Å². The van der Waals surface area contributed by atoms with E-state index in [0.29, 0.717) is 38.0 Å². The Balaban J connectivity index is 2.13. The highest BCUT2D eigenvalue weighted by molar-refractivity contribution is 7.92. The number of hydrogen-bond acceptors (Lipinski definition) is 5. The van der Waals surface area contributed by atoms with Gasteiger partial charge >= 0.3 is 5.97 Å². The minimum Gasteiger partial charge on any atom is -0.469 e. The van der Waals surface area contributed by atoms with Gasteiger partial charge in [0, 0.05) is 13.1 Å². The number of carbonyl (C=O) groups is 2. The standard InChI is InChI=1S/C18H26N2O5S/c1-4-14-7-5-6-8-16(14)20(26(3,23)24)13-17(21)19-11-9-15(10-12-19)18(22)25-2/h5-8,15H,4,9-13H2,1-3H3. The SMILES string of the molecule is CCc1ccccc1N(CC(=O)N1CCC(C(=O)OC)CC1)S(C)(=O)=O. The Kier molecular flexibility index (Phi) is 6.63. The fourth-order valence-electron chi connectivity index (χ4n) is 3.19. The van der Waals surface area contributed by atoms with Crippen LogP contribution in [0, 0.1) is 5.92 Å². The van der Waals surface area contributed by atoms with Crippen LogP contribution in [0.5, 0.6) is 0 Å². The summed E-state index contributed by atoms with van der Waals surface area (Å²) >= 11 is 0. The van der Waals surface area contributed by atoms with E-state index in [1.54, 1.807) is 17.0 Å². The van der Waals surface area contributed by atoms with Gasteiger partial charge in [0.05, 0.1) is 25.0 Å². The lowest BCUT2D eigenvalue weighted by atomic mass is 9.97. The van der Waals surface area contributed by atoms with E-state index in [0.717, 1.165) is 11.8 Å². The number of sulfonamides is 1. The van der Waals surface area contributed by atoms with Gasteiger partial charge in [-0.05, 0) is 30.9 Å². The van der Waals surface area contributed by atoms with Crippen LogP contribution in [0.2, 0.25) is 0 Å². The van der Waals surface area contributed by atoms with Crippen LogP contribution in [0.25, 0.3) is 0 Å². The van der Waals surface area contributed by atoms with Crippen molar-refractivity contribution in [3.8, 4) is 0 Å². The first-order valence-electron chi connectivity index (χ1n) is 8.69. The summed E-state index contributed by atoms with van der Waals surface area (Å²) in [6.07, 6.45) is 2.84. The molecule has 7 nitrogen and oxygen atoms in total. The number of ether oxygens (including phenoxy) is 1. The number of nitrogens with zero attached hydrogens (tertiary/aromatic N) is 2. The average Bonchev–Trinajstić information content (AvgIpc) is 2.64. The van der Waals surface area contributed by atoms with Gasteiger partial charge < -0.3 is 9.64 Å². The maximum atomic E-state index is 12.7. The maximum absolute atomic E-state index is 12.7. The van der Waals surface area contributed by atoms with E-state index in [4.69, 9.17) is 4.74 Å². The fourth-order valence-corrected chi connectivity index (χ4v) is 4.07. The summed E-state index contributed by atoms with van der Waals surface area (Å²) in [5.74, 6) is -0.716. The van der Waals surface area contributed by atoms with Crippen LogP contribution < -0.4 is 4.31 Å². The van der Waals surface area contributed by atoms with Crippen LogP contribution in [0.4, 0.5) is 5.69 Å². The van der Waals surface area contributed by atoms with Crippen LogP contribution in [0.1, 0.15) is 25.3 Å². The van der Waals surface area contributed by atoms with Crippen molar-refractivity contribution in [3.05, 3.63) is 29.8 Å².